The maximum atomic E-state index is 13.6. The number of aromatic amines is 1. The average molecular weight is 454 g/mol. The van der Waals surface area contributed by atoms with Crippen LogP contribution in [0.5, 0.6) is 5.75 Å². The van der Waals surface area contributed by atoms with E-state index in [4.69, 9.17) is 9.47 Å². The second kappa shape index (κ2) is 10.2. The molecule has 8 nitrogen and oxygen atoms in total. The number of carbonyl (C=O) groups excluding carboxylic acids is 3. The van der Waals surface area contributed by atoms with E-state index in [1.54, 1.807) is 42.6 Å². The van der Waals surface area contributed by atoms with Gasteiger partial charge in [-0.15, -0.1) is 0 Å². The van der Waals surface area contributed by atoms with Crippen LogP contribution in [0.25, 0.3) is 0 Å². The maximum Gasteiger partial charge on any atom is 0.291 e. The molecule has 8 heteroatoms. The van der Waals surface area contributed by atoms with E-state index in [9.17, 15) is 14.4 Å². The van der Waals surface area contributed by atoms with Crippen LogP contribution < -0.4 is 14.6 Å². The molecule has 2 aromatic rings. The molecule has 3 heterocycles. The summed E-state index contributed by atoms with van der Waals surface area (Å²) in [4.78, 5) is 45.9. The topological polar surface area (TPSA) is 91.5 Å². The molecule has 0 radical (unpaired) electrons. The number of ketones is 2. The SMILES string of the molecule is COc1ccc(C(=O)C2C(=O)C(=O)N(CCC[NH+]3CCOCC3)C2c2ccc[nH+]c2)c(C)c1. The quantitative estimate of drug-likeness (QED) is 0.347. The van der Waals surface area contributed by atoms with Crippen LogP contribution in [0.1, 0.15) is 33.9 Å². The fourth-order valence-electron chi connectivity index (χ4n) is 4.81. The number of pyridine rings is 1. The smallest absolute Gasteiger partial charge is 0.291 e. The third kappa shape index (κ3) is 4.82. The normalized spacial score (nSPS) is 21.5. The van der Waals surface area contributed by atoms with Crippen molar-refractivity contribution in [1.82, 2.24) is 4.90 Å². The van der Waals surface area contributed by atoms with Crippen LogP contribution in [0.15, 0.2) is 42.7 Å². The van der Waals surface area contributed by atoms with Crippen LogP contribution in [0.3, 0.4) is 0 Å². The Morgan fingerprint density at radius 1 is 1.24 bits per heavy atom. The number of nitrogens with one attached hydrogen (secondary N) is 2. The number of hydrogen-bond acceptors (Lipinski definition) is 5. The molecule has 174 valence electrons. The number of benzene rings is 1. The van der Waals surface area contributed by atoms with Gasteiger partial charge >= 0.3 is 0 Å². The molecule has 1 aromatic heterocycles. The third-order valence-electron chi connectivity index (χ3n) is 6.59. The van der Waals surface area contributed by atoms with Crippen molar-refractivity contribution in [3.63, 3.8) is 0 Å². The summed E-state index contributed by atoms with van der Waals surface area (Å²) >= 11 is 0. The molecule has 2 aliphatic rings. The maximum absolute atomic E-state index is 13.6. The number of aryl methyl sites for hydroxylation is 1. The number of rotatable bonds is 8. The van der Waals surface area contributed by atoms with Gasteiger partial charge in [0.25, 0.3) is 5.91 Å². The lowest BCUT2D eigenvalue weighted by atomic mass is 9.85. The van der Waals surface area contributed by atoms with Crippen LogP contribution >= 0.6 is 0 Å². The van der Waals surface area contributed by atoms with E-state index in [0.29, 0.717) is 23.4 Å². The van der Waals surface area contributed by atoms with Crippen molar-refractivity contribution >= 4 is 17.5 Å². The van der Waals surface area contributed by atoms with E-state index in [0.717, 1.165) is 44.8 Å². The fraction of sp³-hybridized carbons (Fsp3) is 0.440. The first kappa shape index (κ1) is 23.1. The average Bonchev–Trinajstić information content (AvgIpc) is 3.10. The number of aromatic nitrogens is 1. The molecule has 0 saturated carbocycles. The van der Waals surface area contributed by atoms with E-state index in [-0.39, 0.29) is 5.78 Å². The molecular formula is C25H31N3O5+2. The molecule has 2 unspecified atom stereocenters. The highest BCUT2D eigenvalue weighted by atomic mass is 16.5. The van der Waals surface area contributed by atoms with E-state index >= 15 is 0 Å². The first-order valence-electron chi connectivity index (χ1n) is 11.4. The van der Waals surface area contributed by atoms with Crippen LogP contribution in [-0.2, 0) is 14.3 Å². The van der Waals surface area contributed by atoms with Crippen molar-refractivity contribution in [2.24, 2.45) is 5.92 Å². The zero-order valence-corrected chi connectivity index (χ0v) is 19.1. The predicted molar refractivity (Wildman–Crippen MR) is 119 cm³/mol. The number of nitrogens with zero attached hydrogens (tertiary/aromatic N) is 1. The third-order valence-corrected chi connectivity index (χ3v) is 6.59. The van der Waals surface area contributed by atoms with Crippen molar-refractivity contribution in [1.29, 1.82) is 0 Å². The number of ether oxygens (including phenoxy) is 2. The van der Waals surface area contributed by atoms with E-state index < -0.39 is 23.7 Å². The summed E-state index contributed by atoms with van der Waals surface area (Å²) in [5, 5.41) is 0. The number of amides is 1. The zero-order valence-electron chi connectivity index (χ0n) is 19.1. The van der Waals surface area contributed by atoms with Gasteiger partial charge in [0.2, 0.25) is 5.78 Å². The number of H-pyrrole nitrogens is 1. The van der Waals surface area contributed by atoms with E-state index in [2.05, 4.69) is 4.98 Å². The van der Waals surface area contributed by atoms with E-state index in [1.165, 1.54) is 4.90 Å². The second-order valence-electron chi connectivity index (χ2n) is 8.63. The standard InChI is InChI=1S/C25H29N3O5/c1-17-15-19(32-2)6-7-20(17)23(29)21-22(18-5-3-8-26-16-18)28(25(31)24(21)30)10-4-9-27-11-13-33-14-12-27/h3,5-8,15-16,21-22H,4,9-14H2,1-2H3/p+2. The van der Waals surface area contributed by atoms with Crippen molar-refractivity contribution in [2.45, 2.75) is 19.4 Å². The number of morpholine rings is 1. The number of carbonyl (C=O) groups is 3. The lowest BCUT2D eigenvalue weighted by molar-refractivity contribution is -0.908. The Hall–Kier alpha value is -3.10. The van der Waals surface area contributed by atoms with Gasteiger partial charge < -0.3 is 19.3 Å². The molecule has 0 aliphatic carbocycles. The van der Waals surface area contributed by atoms with Crippen molar-refractivity contribution in [2.75, 3.05) is 46.5 Å². The molecule has 2 aliphatic heterocycles. The van der Waals surface area contributed by atoms with Gasteiger partial charge in [0.1, 0.15) is 24.8 Å². The van der Waals surface area contributed by atoms with Crippen molar-refractivity contribution in [3.05, 3.63) is 59.4 Å². The minimum atomic E-state index is -1.07. The van der Waals surface area contributed by atoms with Gasteiger partial charge in [-0.1, -0.05) is 0 Å². The predicted octanol–water partition coefficient (Wildman–Crippen LogP) is 0.0744. The number of likely N-dealkylation sites (tertiary alicyclic amines) is 1. The Bertz CT molecular complexity index is 1020. The molecule has 2 atom stereocenters. The summed E-state index contributed by atoms with van der Waals surface area (Å²) in [5.74, 6) is -1.98. The first-order valence-corrected chi connectivity index (χ1v) is 11.4. The zero-order chi connectivity index (χ0) is 23.4. The lowest BCUT2D eigenvalue weighted by Gasteiger charge is -2.28. The Kier molecular flexibility index (Phi) is 7.15. The lowest BCUT2D eigenvalue weighted by Crippen LogP contribution is -3.14. The summed E-state index contributed by atoms with van der Waals surface area (Å²) < 4.78 is 10.7. The summed E-state index contributed by atoms with van der Waals surface area (Å²) in [6, 6.07) is 8.19. The highest BCUT2D eigenvalue weighted by Crippen LogP contribution is 2.38. The fourth-order valence-corrected chi connectivity index (χ4v) is 4.81. The van der Waals surface area contributed by atoms with Crippen LogP contribution in [0, 0.1) is 12.8 Å². The van der Waals surface area contributed by atoms with Crippen LogP contribution in [0.4, 0.5) is 0 Å². The molecule has 4 rings (SSSR count). The molecule has 1 amide bonds. The Balaban J connectivity index is 1.60. The molecule has 0 bridgehead atoms. The molecule has 2 N–H and O–H groups in total. The summed E-state index contributed by atoms with van der Waals surface area (Å²) in [6.45, 7) is 6.52. The number of hydrogen-bond donors (Lipinski definition) is 1. The molecule has 1 aromatic carbocycles. The molecular weight excluding hydrogens is 422 g/mol. The minimum absolute atomic E-state index is 0.330. The van der Waals surface area contributed by atoms with Gasteiger partial charge in [-0.25, -0.2) is 4.98 Å². The van der Waals surface area contributed by atoms with Crippen LogP contribution in [-0.4, -0.2) is 68.9 Å². The summed E-state index contributed by atoms with van der Waals surface area (Å²) in [6.07, 6.45) is 4.28. The van der Waals surface area contributed by atoms with Gasteiger partial charge in [-0.2, -0.15) is 0 Å². The highest BCUT2D eigenvalue weighted by molar-refractivity contribution is 6.44. The summed E-state index contributed by atoms with van der Waals surface area (Å²) in [5.41, 5.74) is 1.90. The minimum Gasteiger partial charge on any atom is -0.497 e. The van der Waals surface area contributed by atoms with Gasteiger partial charge in [-0.3, -0.25) is 14.4 Å². The Labute approximate surface area is 193 Å². The Morgan fingerprint density at radius 3 is 2.70 bits per heavy atom. The highest BCUT2D eigenvalue weighted by Gasteiger charge is 2.52. The molecule has 2 fully saturated rings. The molecule has 2 saturated heterocycles. The largest absolute Gasteiger partial charge is 0.497 e. The Morgan fingerprint density at radius 2 is 2.03 bits per heavy atom. The van der Waals surface area contributed by atoms with Gasteiger partial charge in [0.15, 0.2) is 18.2 Å². The molecule has 33 heavy (non-hydrogen) atoms. The van der Waals surface area contributed by atoms with E-state index in [1.807, 2.05) is 19.1 Å². The van der Waals surface area contributed by atoms with Crippen molar-refractivity contribution in [3.8, 4) is 5.75 Å². The number of methoxy groups -OCH3 is 1. The van der Waals surface area contributed by atoms with Gasteiger partial charge in [0, 0.05) is 30.2 Å². The molecule has 0 spiro atoms. The van der Waals surface area contributed by atoms with Gasteiger partial charge in [-0.05, 0) is 36.8 Å². The second-order valence-corrected chi connectivity index (χ2v) is 8.63. The first-order chi connectivity index (χ1) is 16.0. The van der Waals surface area contributed by atoms with Gasteiger partial charge in [0.05, 0.1) is 32.9 Å². The number of quaternary nitrogens is 1. The summed E-state index contributed by atoms with van der Waals surface area (Å²) in [7, 11) is 1.56. The van der Waals surface area contributed by atoms with Crippen LogP contribution in [0.2, 0.25) is 0 Å². The number of Topliss-reactive ketones (excluding diaryl/α,β-unsaturated/α-hetero) is 2. The monoisotopic (exact) mass is 453 g/mol. The van der Waals surface area contributed by atoms with Crippen molar-refractivity contribution < 1.29 is 33.7 Å².